The number of sulfonamides is 1. The molecule has 2 aromatic carbocycles. The van der Waals surface area contributed by atoms with Gasteiger partial charge in [-0.15, -0.1) is 0 Å². The van der Waals surface area contributed by atoms with E-state index in [0.717, 1.165) is 4.31 Å². The van der Waals surface area contributed by atoms with E-state index in [9.17, 15) is 23.1 Å². The Morgan fingerprint density at radius 1 is 1.06 bits per heavy atom. The molecule has 7 nitrogen and oxygen atoms in total. The topological polar surface area (TPSA) is 105 Å². The van der Waals surface area contributed by atoms with Gasteiger partial charge in [0.1, 0.15) is 11.7 Å². The molecule has 0 fully saturated rings. The molecule has 2 atom stereocenters. The van der Waals surface area contributed by atoms with Gasteiger partial charge in [0.05, 0.1) is 17.0 Å². The lowest BCUT2D eigenvalue weighted by atomic mass is 9.88. The molecular weight excluding hydrogens is 452 g/mol. The second-order valence-electron chi connectivity index (χ2n) is 7.49. The smallest absolute Gasteiger partial charge is 0.304 e. The summed E-state index contributed by atoms with van der Waals surface area (Å²) in [6, 6.07) is 15.8. The number of Topliss-reactive ketones (excluding diaryl/α,β-unsaturated/α-hetero) is 1. The molecule has 1 aliphatic rings. The average molecular weight is 471 g/mol. The number of fused-ring (bicyclic) bond motifs is 1. The van der Waals surface area contributed by atoms with Gasteiger partial charge in [-0.05, 0) is 55.0 Å². The summed E-state index contributed by atoms with van der Waals surface area (Å²) < 4.78 is 28.4. The molecule has 0 amide bonds. The number of carbonyl (C=O) groups excluding carboxylic acids is 1. The van der Waals surface area contributed by atoms with Crippen LogP contribution in [0.1, 0.15) is 34.1 Å². The first-order valence-corrected chi connectivity index (χ1v) is 11.6. The molecule has 3 aromatic rings. The van der Waals surface area contributed by atoms with Crippen molar-refractivity contribution in [1.82, 2.24) is 4.98 Å². The number of aryl methyl sites for hydroxylation is 1. The largest absolute Gasteiger partial charge is 0.481 e. The molecule has 32 heavy (non-hydrogen) atoms. The van der Waals surface area contributed by atoms with E-state index in [1.807, 2.05) is 0 Å². The van der Waals surface area contributed by atoms with Crippen LogP contribution in [0.3, 0.4) is 0 Å². The fourth-order valence-corrected chi connectivity index (χ4v) is 5.90. The first kappa shape index (κ1) is 22.0. The van der Waals surface area contributed by atoms with Crippen LogP contribution in [0.25, 0.3) is 0 Å². The van der Waals surface area contributed by atoms with Crippen molar-refractivity contribution >= 4 is 39.1 Å². The Balaban J connectivity index is 1.95. The van der Waals surface area contributed by atoms with Gasteiger partial charge in [-0.25, -0.2) is 13.4 Å². The Morgan fingerprint density at radius 3 is 2.44 bits per heavy atom. The Bertz CT molecular complexity index is 1310. The summed E-state index contributed by atoms with van der Waals surface area (Å²) in [5.41, 5.74) is 1.28. The van der Waals surface area contributed by atoms with E-state index < -0.39 is 40.2 Å². The molecule has 1 N–H and O–H groups in total. The van der Waals surface area contributed by atoms with E-state index in [4.69, 9.17) is 11.6 Å². The minimum atomic E-state index is -4.20. The highest BCUT2D eigenvalue weighted by molar-refractivity contribution is 7.93. The Labute approximate surface area is 190 Å². The van der Waals surface area contributed by atoms with Crippen LogP contribution in [-0.4, -0.2) is 36.3 Å². The Morgan fingerprint density at radius 2 is 1.78 bits per heavy atom. The fourth-order valence-electron chi connectivity index (χ4n) is 4.02. The third-order valence-corrected chi connectivity index (χ3v) is 7.41. The van der Waals surface area contributed by atoms with Crippen LogP contribution < -0.4 is 4.31 Å². The lowest BCUT2D eigenvalue weighted by molar-refractivity contribution is -0.137. The molecule has 164 valence electrons. The molecule has 1 aliphatic heterocycles. The van der Waals surface area contributed by atoms with E-state index in [1.165, 1.54) is 36.4 Å². The molecule has 0 saturated heterocycles. The number of rotatable bonds is 6. The lowest BCUT2D eigenvalue weighted by Crippen LogP contribution is -2.45. The minimum absolute atomic E-state index is 0.00752. The molecule has 0 bridgehead atoms. The van der Waals surface area contributed by atoms with Crippen molar-refractivity contribution in [3.05, 3.63) is 88.7 Å². The van der Waals surface area contributed by atoms with E-state index in [2.05, 4.69) is 4.98 Å². The van der Waals surface area contributed by atoms with Crippen molar-refractivity contribution in [2.24, 2.45) is 0 Å². The molecule has 0 aliphatic carbocycles. The summed E-state index contributed by atoms with van der Waals surface area (Å²) in [6.07, 6.45) is -0.448. The van der Waals surface area contributed by atoms with E-state index in [0.29, 0.717) is 16.3 Å². The molecule has 2 heterocycles. The number of aliphatic carboxylic acids is 1. The molecule has 2 unspecified atom stereocenters. The number of halogens is 1. The molecule has 0 spiro atoms. The number of carboxylic acid groups (broad SMARTS) is 1. The number of hydrogen-bond acceptors (Lipinski definition) is 5. The van der Waals surface area contributed by atoms with Crippen molar-refractivity contribution in [1.29, 1.82) is 0 Å². The average Bonchev–Trinajstić information content (AvgIpc) is 3.07. The van der Waals surface area contributed by atoms with Crippen LogP contribution in [0.15, 0.2) is 71.6 Å². The number of carbonyl (C=O) groups is 2. The monoisotopic (exact) mass is 470 g/mol. The first-order chi connectivity index (χ1) is 15.2. The van der Waals surface area contributed by atoms with Gasteiger partial charge in [-0.2, -0.15) is 0 Å². The number of benzene rings is 2. The van der Waals surface area contributed by atoms with E-state index >= 15 is 0 Å². The van der Waals surface area contributed by atoms with Crippen molar-refractivity contribution in [2.45, 2.75) is 30.2 Å². The fraction of sp³-hybridized carbons (Fsp3) is 0.174. The SMILES string of the molecule is Cc1cccc(C(=O)C2C(CC(=O)O)c3cc(Cl)ccc3N2S(=O)(=O)c2ccccc2)n1. The summed E-state index contributed by atoms with van der Waals surface area (Å²) in [7, 11) is -4.20. The second-order valence-corrected chi connectivity index (χ2v) is 9.75. The van der Waals surface area contributed by atoms with Gasteiger partial charge in [0.2, 0.25) is 5.78 Å². The summed E-state index contributed by atoms with van der Waals surface area (Å²) in [5.74, 6) is -2.67. The highest BCUT2D eigenvalue weighted by Crippen LogP contribution is 2.47. The van der Waals surface area contributed by atoms with Crippen molar-refractivity contribution < 1.29 is 23.1 Å². The summed E-state index contributed by atoms with van der Waals surface area (Å²) in [6.45, 7) is 1.72. The number of anilines is 1. The molecule has 4 rings (SSSR count). The predicted octanol–water partition coefficient (Wildman–Crippen LogP) is 4.06. The number of ketones is 1. The zero-order valence-corrected chi connectivity index (χ0v) is 18.5. The third kappa shape index (κ3) is 3.87. The van der Waals surface area contributed by atoms with Crippen LogP contribution in [0.2, 0.25) is 5.02 Å². The van der Waals surface area contributed by atoms with Gasteiger partial charge in [-0.3, -0.25) is 13.9 Å². The van der Waals surface area contributed by atoms with Gasteiger partial charge in [-0.1, -0.05) is 35.9 Å². The molecule has 0 saturated carbocycles. The van der Waals surface area contributed by atoms with Crippen LogP contribution in [-0.2, 0) is 14.8 Å². The molecular formula is C23H19ClN2O5S. The minimum Gasteiger partial charge on any atom is -0.481 e. The van der Waals surface area contributed by atoms with E-state index in [-0.39, 0.29) is 16.3 Å². The van der Waals surface area contributed by atoms with Crippen LogP contribution in [0.5, 0.6) is 0 Å². The molecule has 1 aromatic heterocycles. The zero-order valence-electron chi connectivity index (χ0n) is 17.0. The second kappa shape index (κ2) is 8.37. The van der Waals surface area contributed by atoms with Crippen molar-refractivity contribution in [3.8, 4) is 0 Å². The summed E-state index contributed by atoms with van der Waals surface area (Å²) in [4.78, 5) is 29.6. The first-order valence-electron chi connectivity index (χ1n) is 9.79. The van der Waals surface area contributed by atoms with Gasteiger partial charge in [0, 0.05) is 16.6 Å². The Hall–Kier alpha value is -3.23. The number of pyridine rings is 1. The predicted molar refractivity (Wildman–Crippen MR) is 120 cm³/mol. The standard InChI is InChI=1S/C23H19ClN2O5S/c1-14-6-5-9-19(25-14)23(29)22-18(13-21(27)28)17-12-15(24)10-11-20(17)26(22)32(30,31)16-7-3-2-4-8-16/h2-12,18,22H,13H2,1H3,(H,27,28). The zero-order chi connectivity index (χ0) is 23.0. The van der Waals surface area contributed by atoms with Gasteiger partial charge in [0.25, 0.3) is 10.0 Å². The number of carboxylic acids is 1. The van der Waals surface area contributed by atoms with Gasteiger partial charge >= 0.3 is 5.97 Å². The van der Waals surface area contributed by atoms with Crippen LogP contribution in [0, 0.1) is 6.92 Å². The third-order valence-electron chi connectivity index (χ3n) is 5.36. The van der Waals surface area contributed by atoms with Crippen molar-refractivity contribution in [3.63, 3.8) is 0 Å². The highest BCUT2D eigenvalue weighted by atomic mass is 35.5. The maximum absolute atomic E-state index is 13.7. The molecule has 0 radical (unpaired) electrons. The number of nitrogens with zero attached hydrogens (tertiary/aromatic N) is 2. The maximum atomic E-state index is 13.7. The quantitative estimate of drug-likeness (QED) is 0.544. The molecule has 9 heteroatoms. The van der Waals surface area contributed by atoms with Gasteiger partial charge in [0.15, 0.2) is 0 Å². The normalized spacial score (nSPS) is 17.8. The van der Waals surface area contributed by atoms with Crippen molar-refractivity contribution in [2.75, 3.05) is 4.31 Å². The highest BCUT2D eigenvalue weighted by Gasteiger charge is 2.49. The number of aromatic nitrogens is 1. The van der Waals surface area contributed by atoms with Crippen LogP contribution >= 0.6 is 11.6 Å². The van der Waals surface area contributed by atoms with Crippen LogP contribution in [0.4, 0.5) is 5.69 Å². The van der Waals surface area contributed by atoms with E-state index in [1.54, 1.807) is 37.3 Å². The Kier molecular flexibility index (Phi) is 5.75. The lowest BCUT2D eigenvalue weighted by Gasteiger charge is -2.28. The maximum Gasteiger partial charge on any atom is 0.304 e. The number of hydrogen-bond donors (Lipinski definition) is 1. The summed E-state index contributed by atoms with van der Waals surface area (Å²) in [5, 5.41) is 9.88. The van der Waals surface area contributed by atoms with Gasteiger partial charge < -0.3 is 5.11 Å². The summed E-state index contributed by atoms with van der Waals surface area (Å²) >= 11 is 6.16.